The van der Waals surface area contributed by atoms with Crippen LogP contribution in [0.5, 0.6) is 0 Å². The molecule has 0 saturated carbocycles. The van der Waals surface area contributed by atoms with Gasteiger partial charge in [0.15, 0.2) is 5.84 Å². The first-order valence-corrected chi connectivity index (χ1v) is 5.79. The van der Waals surface area contributed by atoms with Crippen LogP contribution in [-0.2, 0) is 4.79 Å². The second-order valence-corrected chi connectivity index (χ2v) is 4.27. The average molecular weight is 229 g/mol. The summed E-state index contributed by atoms with van der Waals surface area (Å²) in [6, 6.07) is -0.390. The van der Waals surface area contributed by atoms with Crippen molar-refractivity contribution >= 4 is 11.7 Å². The summed E-state index contributed by atoms with van der Waals surface area (Å²) in [5, 5.41) is 14.3. The average Bonchev–Trinajstić information content (AvgIpc) is 2.25. The first-order valence-electron chi connectivity index (χ1n) is 5.79. The van der Waals surface area contributed by atoms with Crippen molar-refractivity contribution in [3.05, 3.63) is 0 Å². The number of hydrogen-bond acceptors (Lipinski definition) is 3. The zero-order valence-corrected chi connectivity index (χ0v) is 10.4. The van der Waals surface area contributed by atoms with Crippen LogP contribution < -0.4 is 11.1 Å². The second-order valence-electron chi connectivity index (χ2n) is 4.27. The summed E-state index contributed by atoms with van der Waals surface area (Å²) in [4.78, 5) is 11.5. The number of oxime groups is 1. The largest absolute Gasteiger partial charge is 0.409 e. The van der Waals surface area contributed by atoms with Gasteiger partial charge in [-0.05, 0) is 12.3 Å². The first kappa shape index (κ1) is 14.7. The fraction of sp³-hybridized carbons (Fsp3) is 0.818. The molecule has 5 heteroatoms. The van der Waals surface area contributed by atoms with Crippen LogP contribution in [0.25, 0.3) is 0 Å². The van der Waals surface area contributed by atoms with E-state index < -0.39 is 0 Å². The summed E-state index contributed by atoms with van der Waals surface area (Å²) in [6.45, 7) is 5.91. The van der Waals surface area contributed by atoms with Gasteiger partial charge in [-0.1, -0.05) is 38.8 Å². The molecule has 0 fully saturated rings. The number of hydrogen-bond donors (Lipinski definition) is 3. The molecule has 94 valence electrons. The number of carbonyl (C=O) groups is 1. The minimum absolute atomic E-state index is 0.0428. The van der Waals surface area contributed by atoms with Crippen LogP contribution in [0.2, 0.25) is 0 Å². The van der Waals surface area contributed by atoms with Gasteiger partial charge in [0, 0.05) is 6.42 Å². The third kappa shape index (κ3) is 5.58. The van der Waals surface area contributed by atoms with E-state index in [1.165, 1.54) is 0 Å². The Morgan fingerprint density at radius 2 is 2.06 bits per heavy atom. The number of amides is 1. The van der Waals surface area contributed by atoms with Crippen molar-refractivity contribution in [2.45, 2.75) is 52.5 Å². The van der Waals surface area contributed by atoms with Crippen LogP contribution in [0.15, 0.2) is 5.16 Å². The summed E-state index contributed by atoms with van der Waals surface area (Å²) >= 11 is 0. The lowest BCUT2D eigenvalue weighted by Gasteiger charge is -2.20. The second kappa shape index (κ2) is 7.96. The van der Waals surface area contributed by atoms with Crippen LogP contribution in [0.1, 0.15) is 46.5 Å². The molecular formula is C11H23N3O2. The molecule has 0 bridgehead atoms. The van der Waals surface area contributed by atoms with E-state index in [4.69, 9.17) is 10.9 Å². The number of amidine groups is 1. The van der Waals surface area contributed by atoms with E-state index in [-0.39, 0.29) is 23.7 Å². The SMILES string of the molecule is CCCCCC(=O)NC(C(N)=NO)C(C)C. The fourth-order valence-electron chi connectivity index (χ4n) is 1.43. The molecule has 1 unspecified atom stereocenters. The summed E-state index contributed by atoms with van der Waals surface area (Å²) in [6.07, 6.45) is 3.50. The maximum absolute atomic E-state index is 11.5. The summed E-state index contributed by atoms with van der Waals surface area (Å²) < 4.78 is 0. The van der Waals surface area contributed by atoms with E-state index in [1.807, 2.05) is 13.8 Å². The Balaban J connectivity index is 4.14. The van der Waals surface area contributed by atoms with Crippen molar-refractivity contribution in [2.24, 2.45) is 16.8 Å². The topological polar surface area (TPSA) is 87.7 Å². The monoisotopic (exact) mass is 229 g/mol. The lowest BCUT2D eigenvalue weighted by molar-refractivity contribution is -0.121. The van der Waals surface area contributed by atoms with Gasteiger partial charge in [-0.15, -0.1) is 0 Å². The molecule has 16 heavy (non-hydrogen) atoms. The van der Waals surface area contributed by atoms with Crippen molar-refractivity contribution in [3.63, 3.8) is 0 Å². The molecule has 0 aliphatic rings. The maximum atomic E-state index is 11.5. The zero-order valence-electron chi connectivity index (χ0n) is 10.4. The van der Waals surface area contributed by atoms with Crippen LogP contribution in [0, 0.1) is 5.92 Å². The Bertz CT molecular complexity index is 239. The Morgan fingerprint density at radius 3 is 2.50 bits per heavy atom. The third-order valence-corrected chi connectivity index (χ3v) is 2.42. The molecule has 1 atom stereocenters. The van der Waals surface area contributed by atoms with Crippen molar-refractivity contribution < 1.29 is 10.0 Å². The smallest absolute Gasteiger partial charge is 0.220 e. The van der Waals surface area contributed by atoms with E-state index in [0.29, 0.717) is 6.42 Å². The minimum Gasteiger partial charge on any atom is -0.409 e. The van der Waals surface area contributed by atoms with E-state index in [2.05, 4.69) is 17.4 Å². The van der Waals surface area contributed by atoms with Crippen molar-refractivity contribution in [1.82, 2.24) is 5.32 Å². The number of carbonyl (C=O) groups excluding carboxylic acids is 1. The van der Waals surface area contributed by atoms with Gasteiger partial charge in [0.05, 0.1) is 6.04 Å². The Morgan fingerprint density at radius 1 is 1.44 bits per heavy atom. The normalized spacial score (nSPS) is 13.9. The lowest BCUT2D eigenvalue weighted by atomic mass is 10.0. The highest BCUT2D eigenvalue weighted by atomic mass is 16.4. The number of nitrogens with two attached hydrogens (primary N) is 1. The minimum atomic E-state index is -0.390. The zero-order chi connectivity index (χ0) is 12.6. The molecule has 0 radical (unpaired) electrons. The quantitative estimate of drug-likeness (QED) is 0.203. The first-order chi connectivity index (χ1) is 7.52. The molecule has 0 heterocycles. The summed E-state index contributed by atoms with van der Waals surface area (Å²) in [5.74, 6) is 0.114. The molecule has 0 aromatic rings. The molecule has 5 nitrogen and oxygen atoms in total. The van der Waals surface area contributed by atoms with Crippen molar-refractivity contribution in [2.75, 3.05) is 0 Å². The number of unbranched alkanes of at least 4 members (excludes halogenated alkanes) is 2. The van der Waals surface area contributed by atoms with Crippen LogP contribution in [0.4, 0.5) is 0 Å². The van der Waals surface area contributed by atoms with Crippen LogP contribution in [0.3, 0.4) is 0 Å². The van der Waals surface area contributed by atoms with E-state index in [9.17, 15) is 4.79 Å². The summed E-state index contributed by atoms with van der Waals surface area (Å²) in [5.41, 5.74) is 5.51. The van der Waals surface area contributed by atoms with Crippen LogP contribution >= 0.6 is 0 Å². The van der Waals surface area contributed by atoms with E-state index in [0.717, 1.165) is 19.3 Å². The highest BCUT2D eigenvalue weighted by molar-refractivity contribution is 5.90. The van der Waals surface area contributed by atoms with Gasteiger partial charge < -0.3 is 16.3 Å². The van der Waals surface area contributed by atoms with Gasteiger partial charge in [-0.25, -0.2) is 0 Å². The van der Waals surface area contributed by atoms with E-state index >= 15 is 0 Å². The maximum Gasteiger partial charge on any atom is 0.220 e. The van der Waals surface area contributed by atoms with Crippen molar-refractivity contribution in [3.8, 4) is 0 Å². The summed E-state index contributed by atoms with van der Waals surface area (Å²) in [7, 11) is 0. The van der Waals surface area contributed by atoms with Crippen LogP contribution in [-0.4, -0.2) is 23.0 Å². The lowest BCUT2D eigenvalue weighted by Crippen LogP contribution is -2.47. The predicted octanol–water partition coefficient (Wildman–Crippen LogP) is 1.45. The van der Waals surface area contributed by atoms with Gasteiger partial charge in [0.25, 0.3) is 0 Å². The molecule has 4 N–H and O–H groups in total. The molecule has 0 aromatic heterocycles. The standard InChI is InChI=1S/C11H23N3O2/c1-4-5-6-7-9(15)13-10(8(2)3)11(12)14-16/h8,10,16H,4-7H2,1-3H3,(H2,12,14)(H,13,15). The molecule has 0 spiro atoms. The molecule has 0 rings (SSSR count). The van der Waals surface area contributed by atoms with Crippen molar-refractivity contribution in [1.29, 1.82) is 0 Å². The number of nitrogens with zero attached hydrogens (tertiary/aromatic N) is 1. The van der Waals surface area contributed by atoms with Gasteiger partial charge >= 0.3 is 0 Å². The molecule has 0 aliphatic carbocycles. The van der Waals surface area contributed by atoms with Gasteiger partial charge in [0.1, 0.15) is 0 Å². The highest BCUT2D eigenvalue weighted by Crippen LogP contribution is 2.04. The van der Waals surface area contributed by atoms with E-state index in [1.54, 1.807) is 0 Å². The fourth-order valence-corrected chi connectivity index (χ4v) is 1.43. The third-order valence-electron chi connectivity index (χ3n) is 2.42. The van der Waals surface area contributed by atoms with Gasteiger partial charge in [-0.2, -0.15) is 0 Å². The van der Waals surface area contributed by atoms with Gasteiger partial charge in [0.2, 0.25) is 5.91 Å². The molecular weight excluding hydrogens is 206 g/mol. The predicted molar refractivity (Wildman–Crippen MR) is 64.3 cm³/mol. The number of nitrogens with one attached hydrogen (secondary N) is 1. The highest BCUT2D eigenvalue weighted by Gasteiger charge is 2.20. The Kier molecular flexibility index (Phi) is 7.33. The Hall–Kier alpha value is -1.26. The molecule has 0 saturated heterocycles. The van der Waals surface area contributed by atoms with Gasteiger partial charge in [-0.3, -0.25) is 4.79 Å². The molecule has 0 aliphatic heterocycles. The Labute approximate surface area is 97.1 Å². The number of rotatable bonds is 7. The molecule has 0 aromatic carbocycles. The molecule has 1 amide bonds.